The summed E-state index contributed by atoms with van der Waals surface area (Å²) in [5.74, 6) is 1.02. The van der Waals surface area contributed by atoms with Crippen molar-refractivity contribution in [2.45, 2.75) is 32.2 Å². The first-order chi connectivity index (χ1) is 9.23. The van der Waals surface area contributed by atoms with Gasteiger partial charge < -0.3 is 10.1 Å². The molecule has 1 heterocycles. The van der Waals surface area contributed by atoms with Crippen molar-refractivity contribution < 1.29 is 13.2 Å². The second kappa shape index (κ2) is 5.37. The molecule has 1 atom stereocenters. The van der Waals surface area contributed by atoms with Crippen LogP contribution < -0.4 is 10.1 Å². The number of ether oxygens (including phenoxy) is 1. The van der Waals surface area contributed by atoms with E-state index in [-0.39, 0.29) is 17.2 Å². The molecule has 1 aromatic rings. The Morgan fingerprint density at radius 1 is 1.40 bits per heavy atom. The van der Waals surface area contributed by atoms with Crippen molar-refractivity contribution in [1.29, 1.82) is 0 Å². The van der Waals surface area contributed by atoms with E-state index in [2.05, 4.69) is 25.2 Å². The third-order valence-corrected chi connectivity index (χ3v) is 4.58. The summed E-state index contributed by atoms with van der Waals surface area (Å²) in [6, 6.07) is 5.82. The highest BCUT2D eigenvalue weighted by atomic mass is 32.2. The van der Waals surface area contributed by atoms with Gasteiger partial charge in [0.05, 0.1) is 12.4 Å². The highest BCUT2D eigenvalue weighted by Gasteiger charge is 2.32. The van der Waals surface area contributed by atoms with E-state index in [1.807, 2.05) is 19.1 Å². The first-order valence-electron chi connectivity index (χ1n) is 6.91. The fraction of sp³-hybridized carbons (Fsp3) is 0.600. The molecule has 0 aliphatic carbocycles. The Morgan fingerprint density at radius 2 is 2.10 bits per heavy atom. The molecule has 0 radical (unpaired) electrons. The topological polar surface area (TPSA) is 55.4 Å². The fourth-order valence-corrected chi connectivity index (χ4v) is 3.49. The number of hydrogen-bond acceptors (Lipinski definition) is 4. The summed E-state index contributed by atoms with van der Waals surface area (Å²) in [6.07, 6.45) is 1.28. The van der Waals surface area contributed by atoms with E-state index in [0.717, 1.165) is 23.4 Å². The van der Waals surface area contributed by atoms with Crippen LogP contribution >= 0.6 is 0 Å². The number of hydrogen-bond donors (Lipinski definition) is 1. The summed E-state index contributed by atoms with van der Waals surface area (Å²) in [5.41, 5.74) is 2.15. The highest BCUT2D eigenvalue weighted by molar-refractivity contribution is 7.90. The van der Waals surface area contributed by atoms with Crippen LogP contribution in [0.15, 0.2) is 18.2 Å². The van der Waals surface area contributed by atoms with Crippen LogP contribution in [0.25, 0.3) is 0 Å². The lowest BCUT2D eigenvalue weighted by atomic mass is 9.85. The molecule has 1 aliphatic heterocycles. The van der Waals surface area contributed by atoms with Gasteiger partial charge in [-0.2, -0.15) is 0 Å². The minimum atomic E-state index is -3.03. The van der Waals surface area contributed by atoms with Gasteiger partial charge >= 0.3 is 0 Å². The van der Waals surface area contributed by atoms with Crippen molar-refractivity contribution in [3.05, 3.63) is 29.3 Å². The van der Waals surface area contributed by atoms with Crippen molar-refractivity contribution in [2.24, 2.45) is 0 Å². The van der Waals surface area contributed by atoms with Crippen molar-refractivity contribution >= 4 is 9.84 Å². The van der Waals surface area contributed by atoms with Gasteiger partial charge in [-0.1, -0.05) is 26.8 Å². The lowest BCUT2D eigenvalue weighted by Crippen LogP contribution is -2.28. The molecule has 2 rings (SSSR count). The zero-order chi connectivity index (χ0) is 15.0. The zero-order valence-electron chi connectivity index (χ0n) is 12.6. The first kappa shape index (κ1) is 15.3. The summed E-state index contributed by atoms with van der Waals surface area (Å²) < 4.78 is 28.8. The molecular formula is C15H23NO3S. The third kappa shape index (κ3) is 3.33. The Balaban J connectivity index is 2.36. The molecule has 0 saturated heterocycles. The van der Waals surface area contributed by atoms with Crippen molar-refractivity contribution in [3.63, 3.8) is 0 Å². The van der Waals surface area contributed by atoms with Gasteiger partial charge in [-0.05, 0) is 24.2 Å². The molecule has 1 aliphatic rings. The van der Waals surface area contributed by atoms with E-state index in [4.69, 9.17) is 4.74 Å². The summed E-state index contributed by atoms with van der Waals surface area (Å²) in [4.78, 5) is 0. The van der Waals surface area contributed by atoms with E-state index >= 15 is 0 Å². The quantitative estimate of drug-likeness (QED) is 0.904. The number of benzene rings is 1. The smallest absolute Gasteiger partial charge is 0.149 e. The average molecular weight is 297 g/mol. The molecule has 0 spiro atoms. The van der Waals surface area contributed by atoms with Crippen LogP contribution in [0.1, 0.15) is 37.9 Å². The van der Waals surface area contributed by atoms with Crippen LogP contribution in [0.4, 0.5) is 0 Å². The Kier molecular flexibility index (Phi) is 4.12. The minimum absolute atomic E-state index is 0.0206. The molecule has 1 aromatic carbocycles. The molecule has 0 bridgehead atoms. The van der Waals surface area contributed by atoms with Crippen molar-refractivity contribution in [1.82, 2.24) is 5.32 Å². The Hall–Kier alpha value is -1.07. The molecule has 0 saturated carbocycles. The number of rotatable bonds is 5. The van der Waals surface area contributed by atoms with Crippen molar-refractivity contribution in [3.8, 4) is 5.75 Å². The molecular weight excluding hydrogens is 274 g/mol. The third-order valence-electron chi connectivity index (χ3n) is 3.64. The fourth-order valence-electron chi connectivity index (χ4n) is 2.58. The average Bonchev–Trinajstić information content (AvgIpc) is 2.63. The Labute approximate surface area is 121 Å². The van der Waals surface area contributed by atoms with Crippen molar-refractivity contribution in [2.75, 3.05) is 25.2 Å². The van der Waals surface area contributed by atoms with Crippen LogP contribution in [0.3, 0.4) is 0 Å². The Bertz CT molecular complexity index is 593. The van der Waals surface area contributed by atoms with Gasteiger partial charge in [0.15, 0.2) is 0 Å². The minimum Gasteiger partial charge on any atom is -0.492 e. The van der Waals surface area contributed by atoms with E-state index < -0.39 is 9.84 Å². The molecule has 1 N–H and O–H groups in total. The molecule has 0 aromatic heterocycles. The van der Waals surface area contributed by atoms with E-state index in [9.17, 15) is 8.42 Å². The number of nitrogens with one attached hydrogen (secondary N) is 1. The van der Waals surface area contributed by atoms with Crippen LogP contribution in [-0.4, -0.2) is 33.6 Å². The molecule has 1 unspecified atom stereocenters. The van der Waals surface area contributed by atoms with Gasteiger partial charge in [0.1, 0.15) is 15.6 Å². The SMILES string of the molecule is CCNC(CS(C)(=O)=O)c1ccc2c(c1)C(C)(C)CO2. The standard InChI is InChI=1S/C15H23NO3S/c1-5-16-13(9-20(4,17)18)11-6-7-14-12(8-11)15(2,3)10-19-14/h6-8,13,16H,5,9-10H2,1-4H3. The van der Waals surface area contributed by atoms with Crippen LogP contribution in [0.2, 0.25) is 0 Å². The second-order valence-electron chi connectivity index (χ2n) is 6.13. The maximum Gasteiger partial charge on any atom is 0.149 e. The number of sulfone groups is 1. The van der Waals surface area contributed by atoms with Gasteiger partial charge in [-0.3, -0.25) is 0 Å². The molecule has 20 heavy (non-hydrogen) atoms. The molecule has 5 heteroatoms. The van der Waals surface area contributed by atoms with Crippen LogP contribution in [-0.2, 0) is 15.3 Å². The van der Waals surface area contributed by atoms with E-state index in [1.165, 1.54) is 6.26 Å². The van der Waals surface area contributed by atoms with Gasteiger partial charge in [0.2, 0.25) is 0 Å². The predicted molar refractivity (Wildman–Crippen MR) is 81.1 cm³/mol. The number of fused-ring (bicyclic) bond motifs is 1. The zero-order valence-corrected chi connectivity index (χ0v) is 13.4. The Morgan fingerprint density at radius 3 is 2.70 bits per heavy atom. The second-order valence-corrected chi connectivity index (χ2v) is 8.32. The lowest BCUT2D eigenvalue weighted by molar-refractivity contribution is 0.291. The summed E-state index contributed by atoms with van der Waals surface area (Å²) in [7, 11) is -3.03. The molecule has 112 valence electrons. The highest BCUT2D eigenvalue weighted by Crippen LogP contribution is 2.39. The van der Waals surface area contributed by atoms with Gasteiger partial charge in [0, 0.05) is 23.3 Å². The van der Waals surface area contributed by atoms with Gasteiger partial charge in [-0.15, -0.1) is 0 Å². The largest absolute Gasteiger partial charge is 0.492 e. The summed E-state index contributed by atoms with van der Waals surface area (Å²) in [5, 5.41) is 3.25. The first-order valence-corrected chi connectivity index (χ1v) is 8.97. The summed E-state index contributed by atoms with van der Waals surface area (Å²) >= 11 is 0. The van der Waals surface area contributed by atoms with Crippen LogP contribution in [0, 0.1) is 0 Å². The monoisotopic (exact) mass is 297 g/mol. The van der Waals surface area contributed by atoms with Gasteiger partial charge in [-0.25, -0.2) is 8.42 Å². The molecule has 0 amide bonds. The normalized spacial score (nSPS) is 18.4. The molecule has 0 fully saturated rings. The van der Waals surface area contributed by atoms with E-state index in [0.29, 0.717) is 6.61 Å². The summed E-state index contributed by atoms with van der Waals surface area (Å²) in [6.45, 7) is 7.67. The van der Waals surface area contributed by atoms with Crippen LogP contribution in [0.5, 0.6) is 5.75 Å². The maximum atomic E-state index is 11.6. The molecule has 4 nitrogen and oxygen atoms in total. The maximum absolute atomic E-state index is 11.6. The van der Waals surface area contributed by atoms with E-state index in [1.54, 1.807) is 0 Å². The predicted octanol–water partition coefficient (Wildman–Crippen LogP) is 2.05. The van der Waals surface area contributed by atoms with Gasteiger partial charge in [0.25, 0.3) is 0 Å². The lowest BCUT2D eigenvalue weighted by Gasteiger charge is -2.20.